The lowest BCUT2D eigenvalue weighted by Crippen LogP contribution is -2.44. The van der Waals surface area contributed by atoms with E-state index in [2.05, 4.69) is 60.7 Å². The van der Waals surface area contributed by atoms with Gasteiger partial charge in [-0.3, -0.25) is 4.48 Å². The second-order valence-electron chi connectivity index (χ2n) is 7.47. The Hall–Kier alpha value is -1.91. The van der Waals surface area contributed by atoms with Crippen LogP contribution in [0.3, 0.4) is 0 Å². The number of anilines is 1. The minimum atomic E-state index is 0.990. The van der Waals surface area contributed by atoms with Gasteiger partial charge in [0.2, 0.25) is 0 Å². The van der Waals surface area contributed by atoms with Gasteiger partial charge in [0.05, 0.1) is 26.3 Å². The van der Waals surface area contributed by atoms with Crippen molar-refractivity contribution in [1.29, 1.82) is 0 Å². The smallest absolute Gasteiger partial charge is 0.135 e. The van der Waals surface area contributed by atoms with Crippen molar-refractivity contribution >= 4 is 11.5 Å². The first-order chi connectivity index (χ1) is 11.6. The Morgan fingerprint density at radius 2 is 1.92 bits per heavy atom. The van der Waals surface area contributed by atoms with Crippen molar-refractivity contribution < 1.29 is 0 Å². The van der Waals surface area contributed by atoms with E-state index in [-0.39, 0.29) is 0 Å². The average molecular weight is 323 g/mol. The lowest BCUT2D eigenvalue weighted by molar-refractivity contribution is 0.370. The molecule has 0 bridgehead atoms. The number of rotatable bonds is 2. The van der Waals surface area contributed by atoms with E-state index in [0.717, 1.165) is 42.2 Å². The first kappa shape index (κ1) is 15.6. The summed E-state index contributed by atoms with van der Waals surface area (Å²) in [4.78, 5) is 7.32. The van der Waals surface area contributed by atoms with Crippen molar-refractivity contribution in [2.75, 3.05) is 51.7 Å². The van der Waals surface area contributed by atoms with Gasteiger partial charge in [0, 0.05) is 49.8 Å². The third-order valence-corrected chi connectivity index (χ3v) is 5.37. The Morgan fingerprint density at radius 3 is 2.75 bits per heavy atom. The highest BCUT2D eigenvalue weighted by Gasteiger charge is 2.27. The fourth-order valence-electron chi connectivity index (χ4n) is 3.97. The molecule has 1 aromatic carbocycles. The van der Waals surface area contributed by atoms with Crippen LogP contribution in [0, 0.1) is 0 Å². The molecule has 0 saturated carbocycles. The molecule has 1 N–H and O–H groups in total. The van der Waals surface area contributed by atoms with Crippen LogP contribution in [0.15, 0.2) is 36.4 Å². The topological polar surface area (TPSA) is 28.2 Å². The molecule has 0 unspecified atom stereocenters. The van der Waals surface area contributed by atoms with Crippen LogP contribution < -0.4 is 14.7 Å². The summed E-state index contributed by atoms with van der Waals surface area (Å²) in [6, 6.07) is 13.3. The monoisotopic (exact) mass is 323 g/mol. The van der Waals surface area contributed by atoms with Crippen molar-refractivity contribution in [3.8, 4) is 11.3 Å². The van der Waals surface area contributed by atoms with Crippen LogP contribution in [-0.2, 0) is 6.42 Å². The Balaban J connectivity index is 1.67. The summed E-state index contributed by atoms with van der Waals surface area (Å²) in [5, 5.41) is 3.40. The van der Waals surface area contributed by atoms with Gasteiger partial charge < -0.3 is 10.2 Å². The summed E-state index contributed by atoms with van der Waals surface area (Å²) in [6.07, 6.45) is 2.44. The molecule has 4 heteroatoms. The fraction of sp³-hybridized carbons (Fsp3) is 0.450. The standard InChI is InChI=1S/C20H27N4/c1-24(2)14-4-5-17-15-16(8-9-19(17)24)18-6-3-7-20(22-18)23-12-10-21-11-13-23/h3,6-9,15,21H,4-5,10-14H2,1-2H3/q+1. The molecule has 0 spiro atoms. The first-order valence-corrected chi connectivity index (χ1v) is 9.03. The quantitative estimate of drug-likeness (QED) is 0.861. The molecule has 1 saturated heterocycles. The lowest BCUT2D eigenvalue weighted by atomic mass is 9.97. The normalized spacial score (nSPS) is 19.8. The van der Waals surface area contributed by atoms with Gasteiger partial charge in [-0.2, -0.15) is 0 Å². The number of hydrogen-bond donors (Lipinski definition) is 1. The maximum atomic E-state index is 4.94. The van der Waals surface area contributed by atoms with Crippen LogP contribution in [0.1, 0.15) is 12.0 Å². The van der Waals surface area contributed by atoms with E-state index < -0.39 is 0 Å². The van der Waals surface area contributed by atoms with Crippen LogP contribution in [0.25, 0.3) is 11.3 Å². The highest BCUT2D eigenvalue weighted by Crippen LogP contribution is 2.34. The Morgan fingerprint density at radius 1 is 1.08 bits per heavy atom. The minimum absolute atomic E-state index is 0.990. The summed E-state index contributed by atoms with van der Waals surface area (Å²) >= 11 is 0. The molecule has 3 heterocycles. The molecule has 4 rings (SSSR count). The summed E-state index contributed by atoms with van der Waals surface area (Å²) in [5.41, 5.74) is 5.28. The number of aromatic nitrogens is 1. The second-order valence-corrected chi connectivity index (χ2v) is 7.47. The van der Waals surface area contributed by atoms with Gasteiger partial charge in [-0.25, -0.2) is 4.98 Å². The summed E-state index contributed by atoms with van der Waals surface area (Å²) < 4.78 is 0.990. The molecular formula is C20H27N4+. The number of fused-ring (bicyclic) bond motifs is 1. The highest BCUT2D eigenvalue weighted by molar-refractivity contribution is 5.67. The van der Waals surface area contributed by atoms with E-state index in [0.29, 0.717) is 0 Å². The van der Waals surface area contributed by atoms with Crippen molar-refractivity contribution in [2.24, 2.45) is 0 Å². The molecule has 2 aromatic rings. The van der Waals surface area contributed by atoms with Gasteiger partial charge in [0.1, 0.15) is 11.5 Å². The number of benzene rings is 1. The Kier molecular flexibility index (Phi) is 4.02. The number of aryl methyl sites for hydroxylation is 1. The zero-order chi connectivity index (χ0) is 16.6. The minimum Gasteiger partial charge on any atom is -0.354 e. The van der Waals surface area contributed by atoms with Gasteiger partial charge in [0.25, 0.3) is 0 Å². The van der Waals surface area contributed by atoms with E-state index in [1.807, 2.05) is 0 Å². The SMILES string of the molecule is C[N+]1(C)CCCc2cc(-c3cccc(N4CCNCC4)n3)ccc21. The van der Waals surface area contributed by atoms with Gasteiger partial charge in [0.15, 0.2) is 0 Å². The lowest BCUT2D eigenvalue weighted by Gasteiger charge is -2.35. The molecule has 0 atom stereocenters. The summed E-state index contributed by atoms with van der Waals surface area (Å²) in [6.45, 7) is 5.37. The van der Waals surface area contributed by atoms with E-state index in [1.54, 1.807) is 0 Å². The molecule has 1 aromatic heterocycles. The van der Waals surface area contributed by atoms with Gasteiger partial charge in [-0.05, 0) is 30.7 Å². The van der Waals surface area contributed by atoms with Gasteiger partial charge in [-0.1, -0.05) is 6.07 Å². The fourth-order valence-corrected chi connectivity index (χ4v) is 3.97. The average Bonchev–Trinajstić information content (AvgIpc) is 2.62. The Bertz CT molecular complexity index is 732. The first-order valence-electron chi connectivity index (χ1n) is 9.03. The van der Waals surface area contributed by atoms with Crippen LogP contribution in [0.5, 0.6) is 0 Å². The van der Waals surface area contributed by atoms with Gasteiger partial charge >= 0.3 is 0 Å². The van der Waals surface area contributed by atoms with Crippen LogP contribution >= 0.6 is 0 Å². The molecule has 0 aliphatic carbocycles. The molecular weight excluding hydrogens is 296 g/mol. The number of nitrogens with zero attached hydrogens (tertiary/aromatic N) is 3. The molecule has 24 heavy (non-hydrogen) atoms. The predicted octanol–water partition coefficient (Wildman–Crippen LogP) is 2.67. The van der Waals surface area contributed by atoms with Crippen LogP contribution in [-0.4, -0.2) is 51.8 Å². The second kappa shape index (κ2) is 6.19. The highest BCUT2D eigenvalue weighted by atomic mass is 15.3. The van der Waals surface area contributed by atoms with Crippen molar-refractivity contribution in [3.63, 3.8) is 0 Å². The third kappa shape index (κ3) is 2.92. The van der Waals surface area contributed by atoms with Crippen molar-refractivity contribution in [1.82, 2.24) is 14.8 Å². The number of quaternary nitrogens is 1. The Labute approximate surface area is 144 Å². The molecule has 1 fully saturated rings. The van der Waals surface area contributed by atoms with Gasteiger partial charge in [-0.15, -0.1) is 0 Å². The molecule has 0 radical (unpaired) electrons. The summed E-state index contributed by atoms with van der Waals surface area (Å²) in [7, 11) is 4.61. The molecule has 126 valence electrons. The summed E-state index contributed by atoms with van der Waals surface area (Å²) in [5.74, 6) is 1.10. The van der Waals surface area contributed by atoms with Crippen molar-refractivity contribution in [2.45, 2.75) is 12.8 Å². The maximum absolute atomic E-state index is 4.94. The zero-order valence-corrected chi connectivity index (χ0v) is 14.8. The predicted molar refractivity (Wildman–Crippen MR) is 102 cm³/mol. The number of pyridine rings is 1. The molecule has 0 amide bonds. The van der Waals surface area contributed by atoms with Crippen molar-refractivity contribution in [3.05, 3.63) is 42.0 Å². The zero-order valence-electron chi connectivity index (χ0n) is 14.8. The third-order valence-electron chi connectivity index (χ3n) is 5.37. The number of nitrogens with one attached hydrogen (secondary N) is 1. The van der Waals surface area contributed by atoms with E-state index in [4.69, 9.17) is 4.98 Å². The molecule has 2 aliphatic heterocycles. The largest absolute Gasteiger partial charge is 0.354 e. The van der Waals surface area contributed by atoms with E-state index in [1.165, 1.54) is 36.2 Å². The van der Waals surface area contributed by atoms with E-state index >= 15 is 0 Å². The van der Waals surface area contributed by atoms with E-state index in [9.17, 15) is 0 Å². The molecule has 4 nitrogen and oxygen atoms in total. The molecule has 2 aliphatic rings. The van der Waals surface area contributed by atoms with Crippen LogP contribution in [0.2, 0.25) is 0 Å². The van der Waals surface area contributed by atoms with Crippen LogP contribution in [0.4, 0.5) is 11.5 Å². The number of hydrogen-bond acceptors (Lipinski definition) is 3. The number of piperazine rings is 1. The maximum Gasteiger partial charge on any atom is 0.135 e.